The van der Waals surface area contributed by atoms with Crippen molar-refractivity contribution in [3.63, 3.8) is 0 Å². The zero-order valence-corrected chi connectivity index (χ0v) is 10.1. The van der Waals surface area contributed by atoms with Crippen molar-refractivity contribution >= 4 is 17.4 Å². The van der Waals surface area contributed by atoms with E-state index in [0.717, 1.165) is 5.82 Å². The maximum atomic E-state index is 11.6. The van der Waals surface area contributed by atoms with E-state index in [2.05, 4.69) is 10.3 Å². The van der Waals surface area contributed by atoms with Crippen molar-refractivity contribution in [2.24, 2.45) is 0 Å². The van der Waals surface area contributed by atoms with Gasteiger partial charge in [0.05, 0.1) is 17.3 Å². The Bertz CT molecular complexity index is 580. The van der Waals surface area contributed by atoms with Crippen LogP contribution in [-0.4, -0.2) is 16.6 Å². The van der Waals surface area contributed by atoms with Gasteiger partial charge in [0.1, 0.15) is 5.82 Å². The molecule has 5 heteroatoms. The first kappa shape index (κ1) is 11.7. The van der Waals surface area contributed by atoms with Crippen LogP contribution in [0.25, 0.3) is 0 Å². The molecule has 0 saturated carbocycles. The molecule has 0 amide bonds. The number of aromatic nitrogens is 2. The summed E-state index contributed by atoms with van der Waals surface area (Å²) in [5.74, 6) is 0.730. The fraction of sp³-hybridized carbons (Fsp3) is 0.167. The summed E-state index contributed by atoms with van der Waals surface area (Å²) in [6.07, 6.45) is 1.71. The SMILES string of the molecule is CNc1ccc(Cl)c(Cn2ccccc2=O)n1. The molecule has 17 heavy (non-hydrogen) atoms. The van der Waals surface area contributed by atoms with Crippen LogP contribution in [0.2, 0.25) is 5.02 Å². The van der Waals surface area contributed by atoms with Crippen molar-refractivity contribution in [2.75, 3.05) is 12.4 Å². The Morgan fingerprint density at radius 3 is 2.88 bits per heavy atom. The molecular weight excluding hydrogens is 238 g/mol. The largest absolute Gasteiger partial charge is 0.373 e. The highest BCUT2D eigenvalue weighted by Gasteiger charge is 2.05. The van der Waals surface area contributed by atoms with Crippen LogP contribution in [0.3, 0.4) is 0 Å². The van der Waals surface area contributed by atoms with Crippen molar-refractivity contribution in [1.82, 2.24) is 9.55 Å². The van der Waals surface area contributed by atoms with Gasteiger partial charge >= 0.3 is 0 Å². The van der Waals surface area contributed by atoms with Crippen molar-refractivity contribution in [3.05, 3.63) is 57.6 Å². The Labute approximate surface area is 104 Å². The molecule has 2 aromatic rings. The molecule has 0 unspecified atom stereocenters. The standard InChI is InChI=1S/C12H12ClN3O/c1-14-11-6-5-9(13)10(15-11)8-16-7-3-2-4-12(16)17/h2-7H,8H2,1H3,(H,14,15). The zero-order chi connectivity index (χ0) is 12.3. The Morgan fingerprint density at radius 2 is 2.18 bits per heavy atom. The summed E-state index contributed by atoms with van der Waals surface area (Å²) in [7, 11) is 1.79. The summed E-state index contributed by atoms with van der Waals surface area (Å²) in [6.45, 7) is 0.369. The second kappa shape index (κ2) is 5.01. The van der Waals surface area contributed by atoms with Crippen molar-refractivity contribution in [3.8, 4) is 0 Å². The Kier molecular flexibility index (Phi) is 3.44. The number of rotatable bonds is 3. The van der Waals surface area contributed by atoms with Gasteiger partial charge in [-0.15, -0.1) is 0 Å². The number of nitrogens with zero attached hydrogens (tertiary/aromatic N) is 2. The lowest BCUT2D eigenvalue weighted by molar-refractivity contribution is 0.740. The molecule has 2 heterocycles. The molecule has 0 atom stereocenters. The van der Waals surface area contributed by atoms with E-state index in [9.17, 15) is 4.79 Å². The highest BCUT2D eigenvalue weighted by molar-refractivity contribution is 6.31. The molecule has 0 fully saturated rings. The van der Waals surface area contributed by atoms with E-state index in [0.29, 0.717) is 17.3 Å². The van der Waals surface area contributed by atoms with E-state index in [-0.39, 0.29) is 5.56 Å². The van der Waals surface area contributed by atoms with Crippen LogP contribution < -0.4 is 10.9 Å². The number of hydrogen-bond acceptors (Lipinski definition) is 3. The Hall–Kier alpha value is -1.81. The fourth-order valence-electron chi connectivity index (χ4n) is 1.49. The zero-order valence-electron chi connectivity index (χ0n) is 9.35. The van der Waals surface area contributed by atoms with Gasteiger partial charge in [0, 0.05) is 19.3 Å². The summed E-state index contributed by atoms with van der Waals surface area (Å²) in [5.41, 5.74) is 0.604. The predicted molar refractivity (Wildman–Crippen MR) is 68.6 cm³/mol. The minimum absolute atomic E-state index is 0.0692. The van der Waals surface area contributed by atoms with E-state index in [1.807, 2.05) is 0 Å². The molecule has 0 aliphatic carbocycles. The van der Waals surface area contributed by atoms with Crippen molar-refractivity contribution in [1.29, 1.82) is 0 Å². The van der Waals surface area contributed by atoms with Gasteiger partial charge in [-0.2, -0.15) is 0 Å². The first-order valence-corrected chi connectivity index (χ1v) is 5.57. The maximum Gasteiger partial charge on any atom is 0.250 e. The third-order valence-corrected chi connectivity index (χ3v) is 2.74. The van der Waals surface area contributed by atoms with Gasteiger partial charge < -0.3 is 9.88 Å². The smallest absolute Gasteiger partial charge is 0.250 e. The first-order valence-electron chi connectivity index (χ1n) is 5.19. The molecule has 2 rings (SSSR count). The summed E-state index contributed by atoms with van der Waals surface area (Å²) >= 11 is 6.05. The molecule has 88 valence electrons. The van der Waals surface area contributed by atoms with E-state index >= 15 is 0 Å². The van der Waals surface area contributed by atoms with E-state index in [4.69, 9.17) is 11.6 Å². The molecule has 0 aliphatic rings. The summed E-state index contributed by atoms with van der Waals surface area (Å²) in [4.78, 5) is 15.9. The summed E-state index contributed by atoms with van der Waals surface area (Å²) in [6, 6.07) is 8.58. The average molecular weight is 250 g/mol. The molecular formula is C12H12ClN3O. The summed E-state index contributed by atoms with van der Waals surface area (Å²) in [5, 5.41) is 3.49. The second-order valence-corrected chi connectivity index (χ2v) is 3.95. The van der Waals surface area contributed by atoms with Crippen molar-refractivity contribution < 1.29 is 0 Å². The van der Waals surface area contributed by atoms with Gasteiger partial charge in [0.15, 0.2) is 0 Å². The minimum atomic E-state index is -0.0692. The van der Waals surface area contributed by atoms with E-state index in [1.54, 1.807) is 42.1 Å². The number of pyridine rings is 2. The molecule has 0 spiro atoms. The van der Waals surface area contributed by atoms with Gasteiger partial charge in [0.25, 0.3) is 5.56 Å². The molecule has 2 aromatic heterocycles. The van der Waals surface area contributed by atoms with Crippen molar-refractivity contribution in [2.45, 2.75) is 6.54 Å². The predicted octanol–water partition coefficient (Wildman–Crippen LogP) is 1.99. The van der Waals surface area contributed by atoms with Gasteiger partial charge in [-0.1, -0.05) is 17.7 Å². The number of hydrogen-bond donors (Lipinski definition) is 1. The molecule has 0 bridgehead atoms. The summed E-state index contributed by atoms with van der Waals surface area (Å²) < 4.78 is 1.56. The highest BCUT2D eigenvalue weighted by Crippen LogP contribution is 2.16. The van der Waals surface area contributed by atoms with Crippen LogP contribution in [0.5, 0.6) is 0 Å². The monoisotopic (exact) mass is 249 g/mol. The number of halogens is 1. The highest BCUT2D eigenvalue weighted by atomic mass is 35.5. The fourth-order valence-corrected chi connectivity index (χ4v) is 1.65. The second-order valence-electron chi connectivity index (χ2n) is 3.54. The maximum absolute atomic E-state index is 11.6. The molecule has 0 aliphatic heterocycles. The third kappa shape index (κ3) is 2.65. The van der Waals surface area contributed by atoms with Crippen LogP contribution in [0.15, 0.2) is 41.3 Å². The molecule has 4 nitrogen and oxygen atoms in total. The minimum Gasteiger partial charge on any atom is -0.373 e. The van der Waals surface area contributed by atoms with Crippen LogP contribution in [0, 0.1) is 0 Å². The van der Waals surface area contributed by atoms with Gasteiger partial charge in [-0.3, -0.25) is 4.79 Å². The van der Waals surface area contributed by atoms with E-state index in [1.165, 1.54) is 6.07 Å². The third-order valence-electron chi connectivity index (χ3n) is 2.39. The van der Waals surface area contributed by atoms with Crippen LogP contribution in [0.1, 0.15) is 5.69 Å². The lowest BCUT2D eigenvalue weighted by Gasteiger charge is -2.08. The molecule has 0 radical (unpaired) electrons. The molecule has 0 saturated heterocycles. The lowest BCUT2D eigenvalue weighted by atomic mass is 10.3. The first-order chi connectivity index (χ1) is 8.20. The quantitative estimate of drug-likeness (QED) is 0.905. The lowest BCUT2D eigenvalue weighted by Crippen LogP contribution is -2.19. The normalized spacial score (nSPS) is 10.2. The Morgan fingerprint density at radius 1 is 1.35 bits per heavy atom. The van der Waals surface area contributed by atoms with Gasteiger partial charge in [-0.25, -0.2) is 4.98 Å². The molecule has 0 aromatic carbocycles. The van der Waals surface area contributed by atoms with Crippen LogP contribution >= 0.6 is 11.6 Å². The van der Waals surface area contributed by atoms with Crippen LogP contribution in [0.4, 0.5) is 5.82 Å². The van der Waals surface area contributed by atoms with Gasteiger partial charge in [0.2, 0.25) is 0 Å². The van der Waals surface area contributed by atoms with Crippen LogP contribution in [-0.2, 0) is 6.54 Å². The number of nitrogens with one attached hydrogen (secondary N) is 1. The topological polar surface area (TPSA) is 46.9 Å². The average Bonchev–Trinajstić information content (AvgIpc) is 2.35. The Balaban J connectivity index is 2.36. The van der Waals surface area contributed by atoms with E-state index < -0.39 is 0 Å². The van der Waals surface area contributed by atoms with Gasteiger partial charge in [-0.05, 0) is 18.2 Å². The molecule has 1 N–H and O–H groups in total. The number of anilines is 1.